The van der Waals surface area contributed by atoms with Gasteiger partial charge in [0.15, 0.2) is 0 Å². The van der Waals surface area contributed by atoms with Crippen LogP contribution in [0.1, 0.15) is 23.2 Å². The fourth-order valence-electron chi connectivity index (χ4n) is 2.56. The molecule has 2 aromatic heterocycles. The molecule has 21 heavy (non-hydrogen) atoms. The zero-order valence-electron chi connectivity index (χ0n) is 12.0. The number of benzene rings is 1. The molecule has 0 fully saturated rings. The molecule has 0 unspecified atom stereocenters. The molecule has 2 heterocycles. The number of halogens is 1. The highest BCUT2D eigenvalue weighted by atomic mass is 35.5. The van der Waals surface area contributed by atoms with E-state index >= 15 is 0 Å². The Hall–Kier alpha value is -1.78. The van der Waals surface area contributed by atoms with Gasteiger partial charge in [0.05, 0.1) is 6.20 Å². The van der Waals surface area contributed by atoms with E-state index in [0.717, 1.165) is 36.5 Å². The third-order valence-corrected chi connectivity index (χ3v) is 4.01. The molecule has 0 saturated carbocycles. The standard InChI is InChI=1S/C16H19ClN4/c1-11-12(10-20-21-11)3-2-6-18-8-13-9-19-16-7-14(17)4-5-15(13)16/h4-5,7,9-10,18-19H,2-3,6,8H2,1H3,(H,20,21). The van der Waals surface area contributed by atoms with Crippen LogP contribution in [-0.4, -0.2) is 21.7 Å². The molecule has 0 spiro atoms. The van der Waals surface area contributed by atoms with Crippen LogP contribution in [0.3, 0.4) is 0 Å². The SMILES string of the molecule is Cc1[nH]ncc1CCCNCc1c[nH]c2cc(Cl)ccc12. The molecule has 4 nitrogen and oxygen atoms in total. The van der Waals surface area contributed by atoms with Crippen molar-refractivity contribution in [3.8, 4) is 0 Å². The second-order valence-electron chi connectivity index (χ2n) is 5.30. The lowest BCUT2D eigenvalue weighted by Crippen LogP contribution is -2.15. The quantitative estimate of drug-likeness (QED) is 0.610. The largest absolute Gasteiger partial charge is 0.361 e. The van der Waals surface area contributed by atoms with E-state index in [1.54, 1.807) is 0 Å². The normalized spacial score (nSPS) is 11.3. The van der Waals surface area contributed by atoms with Crippen LogP contribution < -0.4 is 5.32 Å². The predicted molar refractivity (Wildman–Crippen MR) is 86.7 cm³/mol. The van der Waals surface area contributed by atoms with E-state index in [4.69, 9.17) is 11.6 Å². The van der Waals surface area contributed by atoms with Crippen LogP contribution in [0.25, 0.3) is 10.9 Å². The molecule has 0 bridgehead atoms. The predicted octanol–water partition coefficient (Wildman–Crippen LogP) is 3.58. The Morgan fingerprint density at radius 1 is 1.29 bits per heavy atom. The minimum atomic E-state index is 0.763. The van der Waals surface area contributed by atoms with Crippen LogP contribution in [0.4, 0.5) is 0 Å². The Morgan fingerprint density at radius 2 is 2.19 bits per heavy atom. The van der Waals surface area contributed by atoms with Crippen molar-refractivity contribution in [1.29, 1.82) is 0 Å². The number of aryl methyl sites for hydroxylation is 2. The Labute approximate surface area is 128 Å². The van der Waals surface area contributed by atoms with Crippen molar-refractivity contribution >= 4 is 22.5 Å². The van der Waals surface area contributed by atoms with E-state index in [2.05, 4.69) is 33.5 Å². The van der Waals surface area contributed by atoms with Crippen molar-refractivity contribution < 1.29 is 0 Å². The highest BCUT2D eigenvalue weighted by molar-refractivity contribution is 6.31. The van der Waals surface area contributed by atoms with Crippen molar-refractivity contribution in [2.45, 2.75) is 26.3 Å². The highest BCUT2D eigenvalue weighted by Gasteiger charge is 2.04. The van der Waals surface area contributed by atoms with Crippen LogP contribution in [0, 0.1) is 6.92 Å². The summed E-state index contributed by atoms with van der Waals surface area (Å²) in [6.45, 7) is 3.92. The lowest BCUT2D eigenvalue weighted by molar-refractivity contribution is 0.650. The van der Waals surface area contributed by atoms with E-state index in [0.29, 0.717) is 0 Å². The number of rotatable bonds is 6. The zero-order chi connectivity index (χ0) is 14.7. The molecule has 3 N–H and O–H groups in total. The minimum Gasteiger partial charge on any atom is -0.361 e. The van der Waals surface area contributed by atoms with E-state index in [-0.39, 0.29) is 0 Å². The van der Waals surface area contributed by atoms with Crippen LogP contribution in [0.15, 0.2) is 30.6 Å². The molecular weight excluding hydrogens is 284 g/mol. The van der Waals surface area contributed by atoms with Gasteiger partial charge in [-0.3, -0.25) is 5.10 Å². The molecule has 0 atom stereocenters. The van der Waals surface area contributed by atoms with Crippen molar-refractivity contribution in [2.75, 3.05) is 6.54 Å². The number of nitrogens with zero attached hydrogens (tertiary/aromatic N) is 1. The summed E-state index contributed by atoms with van der Waals surface area (Å²) in [6.07, 6.45) is 6.13. The van der Waals surface area contributed by atoms with E-state index in [1.807, 2.05) is 24.5 Å². The van der Waals surface area contributed by atoms with Crippen LogP contribution in [0.5, 0.6) is 0 Å². The Kier molecular flexibility index (Phi) is 4.27. The first-order chi connectivity index (χ1) is 10.2. The third-order valence-electron chi connectivity index (χ3n) is 3.78. The Bertz CT molecular complexity index is 729. The molecule has 3 aromatic rings. The van der Waals surface area contributed by atoms with Crippen LogP contribution in [-0.2, 0) is 13.0 Å². The number of fused-ring (bicyclic) bond motifs is 1. The molecule has 1 aromatic carbocycles. The topological polar surface area (TPSA) is 56.5 Å². The number of hydrogen-bond donors (Lipinski definition) is 3. The number of nitrogens with one attached hydrogen (secondary N) is 3. The van der Waals surface area contributed by atoms with Gasteiger partial charge in [-0.2, -0.15) is 5.10 Å². The first kappa shape index (κ1) is 14.2. The van der Waals surface area contributed by atoms with Gasteiger partial charge in [-0.1, -0.05) is 17.7 Å². The molecule has 5 heteroatoms. The van der Waals surface area contributed by atoms with E-state index in [9.17, 15) is 0 Å². The van der Waals surface area contributed by atoms with Gasteiger partial charge >= 0.3 is 0 Å². The minimum absolute atomic E-state index is 0.763. The van der Waals surface area contributed by atoms with E-state index in [1.165, 1.54) is 22.2 Å². The third kappa shape index (κ3) is 3.28. The van der Waals surface area contributed by atoms with Crippen molar-refractivity contribution in [3.63, 3.8) is 0 Å². The monoisotopic (exact) mass is 302 g/mol. The van der Waals surface area contributed by atoms with Gasteiger partial charge in [-0.15, -0.1) is 0 Å². The summed E-state index contributed by atoms with van der Waals surface area (Å²) in [5, 5.41) is 12.5. The Balaban J connectivity index is 1.49. The molecule has 0 amide bonds. The number of H-pyrrole nitrogens is 2. The van der Waals surface area contributed by atoms with Crippen molar-refractivity contribution in [2.24, 2.45) is 0 Å². The summed E-state index contributed by atoms with van der Waals surface area (Å²) in [7, 11) is 0. The number of aromatic nitrogens is 3. The zero-order valence-corrected chi connectivity index (χ0v) is 12.8. The van der Waals surface area contributed by atoms with Gasteiger partial charge in [0.2, 0.25) is 0 Å². The summed E-state index contributed by atoms with van der Waals surface area (Å²) >= 11 is 5.99. The van der Waals surface area contributed by atoms with Gasteiger partial charge in [0, 0.05) is 34.4 Å². The summed E-state index contributed by atoms with van der Waals surface area (Å²) in [5.74, 6) is 0. The fourth-order valence-corrected chi connectivity index (χ4v) is 2.73. The van der Waals surface area contributed by atoms with Gasteiger partial charge in [-0.05, 0) is 49.6 Å². The molecule has 3 rings (SSSR count). The maximum absolute atomic E-state index is 5.99. The lowest BCUT2D eigenvalue weighted by atomic mass is 10.1. The fraction of sp³-hybridized carbons (Fsp3) is 0.312. The summed E-state index contributed by atoms with van der Waals surface area (Å²) in [6, 6.07) is 5.96. The van der Waals surface area contributed by atoms with Gasteiger partial charge in [-0.25, -0.2) is 0 Å². The highest BCUT2D eigenvalue weighted by Crippen LogP contribution is 2.21. The van der Waals surface area contributed by atoms with Crippen molar-refractivity contribution in [3.05, 3.63) is 52.4 Å². The summed E-state index contributed by atoms with van der Waals surface area (Å²) < 4.78 is 0. The van der Waals surface area contributed by atoms with Gasteiger partial charge in [0.1, 0.15) is 0 Å². The van der Waals surface area contributed by atoms with Gasteiger partial charge < -0.3 is 10.3 Å². The Morgan fingerprint density at radius 3 is 3.00 bits per heavy atom. The van der Waals surface area contributed by atoms with Crippen LogP contribution in [0.2, 0.25) is 5.02 Å². The smallest absolute Gasteiger partial charge is 0.0522 e. The van der Waals surface area contributed by atoms with Gasteiger partial charge in [0.25, 0.3) is 0 Å². The average Bonchev–Trinajstić information content (AvgIpc) is 3.05. The number of hydrogen-bond acceptors (Lipinski definition) is 2. The second kappa shape index (κ2) is 6.33. The average molecular weight is 303 g/mol. The van der Waals surface area contributed by atoms with Crippen molar-refractivity contribution in [1.82, 2.24) is 20.5 Å². The maximum atomic E-state index is 5.99. The second-order valence-corrected chi connectivity index (χ2v) is 5.74. The molecule has 0 radical (unpaired) electrons. The molecule has 0 aliphatic rings. The molecule has 0 aliphatic heterocycles. The molecule has 0 saturated heterocycles. The summed E-state index contributed by atoms with van der Waals surface area (Å²) in [5.41, 5.74) is 4.84. The first-order valence-corrected chi connectivity index (χ1v) is 7.57. The molecule has 110 valence electrons. The first-order valence-electron chi connectivity index (χ1n) is 7.19. The maximum Gasteiger partial charge on any atom is 0.0522 e. The molecular formula is C16H19ClN4. The van der Waals surface area contributed by atoms with Crippen LogP contribution >= 0.6 is 11.6 Å². The lowest BCUT2D eigenvalue weighted by Gasteiger charge is -2.04. The molecule has 0 aliphatic carbocycles. The summed E-state index contributed by atoms with van der Waals surface area (Å²) in [4.78, 5) is 3.26. The number of aromatic amines is 2. The van der Waals surface area contributed by atoms with E-state index < -0.39 is 0 Å².